The molecule has 1 saturated heterocycles. The quantitative estimate of drug-likeness (QED) is 0.782. The van der Waals surface area contributed by atoms with Crippen molar-refractivity contribution < 1.29 is 9.18 Å². The molecule has 1 aliphatic rings. The number of benzene rings is 1. The maximum absolute atomic E-state index is 13.7. The van der Waals surface area contributed by atoms with Crippen molar-refractivity contribution in [2.24, 2.45) is 0 Å². The minimum atomic E-state index is -0.477. The van der Waals surface area contributed by atoms with Gasteiger partial charge in [0.05, 0.1) is 17.4 Å². The molecule has 0 bridgehead atoms. The number of aromatic nitrogens is 1. The average Bonchev–Trinajstić information content (AvgIpc) is 3.01. The molecule has 0 radical (unpaired) electrons. The van der Waals surface area contributed by atoms with Crippen molar-refractivity contribution >= 4 is 27.5 Å². The summed E-state index contributed by atoms with van der Waals surface area (Å²) in [6.07, 6.45) is 2.25. The van der Waals surface area contributed by atoms with Crippen molar-refractivity contribution in [3.8, 4) is 0 Å². The molecule has 1 aromatic carbocycles. The average molecular weight is 365 g/mol. The number of hydrogen-bond donors (Lipinski definition) is 3. The lowest BCUT2D eigenvalue weighted by atomic mass is 10.1. The van der Waals surface area contributed by atoms with Gasteiger partial charge in [0.25, 0.3) is 0 Å². The highest BCUT2D eigenvalue weighted by atomic mass is 79.9. The van der Waals surface area contributed by atoms with Gasteiger partial charge in [0, 0.05) is 10.7 Å². The van der Waals surface area contributed by atoms with E-state index in [1.54, 1.807) is 12.3 Å². The van der Waals surface area contributed by atoms with Crippen molar-refractivity contribution in [2.75, 3.05) is 5.32 Å². The summed E-state index contributed by atoms with van der Waals surface area (Å²) in [5.74, 6) is -0.762. The van der Waals surface area contributed by atoms with Crippen molar-refractivity contribution in [2.45, 2.75) is 18.5 Å². The molecule has 5 nitrogen and oxygen atoms in total. The van der Waals surface area contributed by atoms with Gasteiger partial charge < -0.3 is 5.32 Å². The highest BCUT2D eigenvalue weighted by molar-refractivity contribution is 9.10. The molecule has 3 rings (SSSR count). The summed E-state index contributed by atoms with van der Waals surface area (Å²) in [6.45, 7) is 0. The molecule has 0 saturated carbocycles. The highest BCUT2D eigenvalue weighted by Gasteiger charge is 2.31. The minimum Gasteiger partial charge on any atom is -0.322 e. The molecule has 2 atom stereocenters. The molecule has 2 unspecified atom stereocenters. The maximum Gasteiger partial charge on any atom is 0.243 e. The van der Waals surface area contributed by atoms with Crippen LogP contribution in [0.4, 0.5) is 10.1 Å². The molecule has 2 aromatic rings. The molecule has 1 amide bonds. The van der Waals surface area contributed by atoms with Crippen LogP contribution in [0, 0.1) is 5.82 Å². The summed E-state index contributed by atoms with van der Waals surface area (Å²) in [4.78, 5) is 16.5. The SMILES string of the molecule is O=C(Nc1ccc(Br)cc1F)C1CC(c2ccccn2)NN1. The van der Waals surface area contributed by atoms with Gasteiger partial charge in [0.1, 0.15) is 11.9 Å². The predicted molar refractivity (Wildman–Crippen MR) is 84.4 cm³/mol. The highest BCUT2D eigenvalue weighted by Crippen LogP contribution is 2.23. The van der Waals surface area contributed by atoms with Crippen molar-refractivity contribution in [1.82, 2.24) is 15.8 Å². The first kappa shape index (κ1) is 15.1. The first-order chi connectivity index (χ1) is 10.6. The Labute approximate surface area is 135 Å². The Balaban J connectivity index is 1.64. The fraction of sp³-hybridized carbons (Fsp3) is 0.200. The molecule has 2 heterocycles. The summed E-state index contributed by atoms with van der Waals surface area (Å²) in [5.41, 5.74) is 6.99. The first-order valence-corrected chi connectivity index (χ1v) is 7.60. The Hall–Kier alpha value is -1.83. The standard InChI is InChI=1S/C15H14BrFN4O/c16-9-4-5-11(10(17)7-9)19-15(22)14-8-13(20-21-14)12-3-1-2-6-18-12/h1-7,13-14,20-21H,8H2,(H,19,22). The van der Waals surface area contributed by atoms with Gasteiger partial charge in [-0.25, -0.2) is 15.2 Å². The lowest BCUT2D eigenvalue weighted by molar-refractivity contribution is -0.117. The molecule has 1 aliphatic heterocycles. The van der Waals surface area contributed by atoms with E-state index in [-0.39, 0.29) is 17.6 Å². The Morgan fingerprint density at radius 3 is 2.91 bits per heavy atom. The van der Waals surface area contributed by atoms with Gasteiger partial charge in [-0.05, 0) is 36.8 Å². The molecule has 7 heteroatoms. The minimum absolute atomic E-state index is 0.0493. The number of halogens is 2. The zero-order valence-electron chi connectivity index (χ0n) is 11.5. The zero-order chi connectivity index (χ0) is 15.5. The van der Waals surface area contributed by atoms with E-state index in [9.17, 15) is 9.18 Å². The normalized spacial score (nSPS) is 20.8. The third-order valence-electron chi connectivity index (χ3n) is 3.45. The summed E-state index contributed by atoms with van der Waals surface area (Å²) in [5, 5.41) is 2.59. The van der Waals surface area contributed by atoms with Crippen LogP contribution in [0.5, 0.6) is 0 Å². The number of pyridine rings is 1. The monoisotopic (exact) mass is 364 g/mol. The van der Waals surface area contributed by atoms with Gasteiger partial charge >= 0.3 is 0 Å². The van der Waals surface area contributed by atoms with Crippen LogP contribution in [-0.2, 0) is 4.79 Å². The van der Waals surface area contributed by atoms with Crippen LogP contribution in [0.3, 0.4) is 0 Å². The molecular weight excluding hydrogens is 351 g/mol. The van der Waals surface area contributed by atoms with Gasteiger partial charge in [-0.15, -0.1) is 0 Å². The second-order valence-corrected chi connectivity index (χ2v) is 5.91. The van der Waals surface area contributed by atoms with E-state index in [0.29, 0.717) is 10.9 Å². The number of rotatable bonds is 3. The lowest BCUT2D eigenvalue weighted by Gasteiger charge is -2.11. The zero-order valence-corrected chi connectivity index (χ0v) is 13.1. The third-order valence-corrected chi connectivity index (χ3v) is 3.95. The fourth-order valence-electron chi connectivity index (χ4n) is 2.31. The topological polar surface area (TPSA) is 66.0 Å². The van der Waals surface area contributed by atoms with E-state index in [0.717, 1.165) is 5.69 Å². The van der Waals surface area contributed by atoms with Crippen LogP contribution >= 0.6 is 15.9 Å². The number of anilines is 1. The second-order valence-electron chi connectivity index (χ2n) is 5.00. The Morgan fingerprint density at radius 1 is 1.32 bits per heavy atom. The van der Waals surface area contributed by atoms with E-state index >= 15 is 0 Å². The summed E-state index contributed by atoms with van der Waals surface area (Å²) in [7, 11) is 0. The van der Waals surface area contributed by atoms with E-state index in [2.05, 4.69) is 37.1 Å². The number of amides is 1. The van der Waals surface area contributed by atoms with Crippen LogP contribution in [0.15, 0.2) is 47.1 Å². The third kappa shape index (κ3) is 3.32. The van der Waals surface area contributed by atoms with E-state index in [1.165, 1.54) is 12.1 Å². The predicted octanol–water partition coefficient (Wildman–Crippen LogP) is 2.53. The van der Waals surface area contributed by atoms with Gasteiger partial charge in [0.2, 0.25) is 5.91 Å². The van der Waals surface area contributed by atoms with Crippen molar-refractivity contribution in [3.63, 3.8) is 0 Å². The van der Waals surface area contributed by atoms with Crippen LogP contribution < -0.4 is 16.2 Å². The number of hydrazine groups is 1. The summed E-state index contributed by atoms with van der Waals surface area (Å²) >= 11 is 3.18. The molecule has 0 spiro atoms. The van der Waals surface area contributed by atoms with Crippen LogP contribution in [0.1, 0.15) is 18.2 Å². The first-order valence-electron chi connectivity index (χ1n) is 6.81. The van der Waals surface area contributed by atoms with Gasteiger partial charge in [-0.2, -0.15) is 0 Å². The van der Waals surface area contributed by atoms with E-state index in [4.69, 9.17) is 0 Å². The molecule has 0 aliphatic carbocycles. The largest absolute Gasteiger partial charge is 0.322 e. The van der Waals surface area contributed by atoms with Gasteiger partial charge in [-0.1, -0.05) is 22.0 Å². The molecular formula is C15H14BrFN4O. The molecule has 1 fully saturated rings. The maximum atomic E-state index is 13.7. The Bertz CT molecular complexity index is 682. The van der Waals surface area contributed by atoms with Gasteiger partial charge in [-0.3, -0.25) is 9.78 Å². The van der Waals surface area contributed by atoms with Gasteiger partial charge in [0.15, 0.2) is 0 Å². The van der Waals surface area contributed by atoms with Crippen LogP contribution in [0.2, 0.25) is 0 Å². The van der Waals surface area contributed by atoms with E-state index in [1.807, 2.05) is 18.2 Å². The molecule has 22 heavy (non-hydrogen) atoms. The number of carbonyl (C=O) groups is 1. The van der Waals surface area contributed by atoms with Crippen molar-refractivity contribution in [1.29, 1.82) is 0 Å². The number of nitrogens with one attached hydrogen (secondary N) is 3. The molecule has 1 aromatic heterocycles. The van der Waals surface area contributed by atoms with Crippen LogP contribution in [-0.4, -0.2) is 16.9 Å². The number of hydrogen-bond acceptors (Lipinski definition) is 4. The fourth-order valence-corrected chi connectivity index (χ4v) is 2.65. The number of carbonyl (C=O) groups excluding carboxylic acids is 1. The summed E-state index contributed by atoms with van der Waals surface area (Å²) < 4.78 is 14.4. The molecule has 3 N–H and O–H groups in total. The number of nitrogens with zero attached hydrogens (tertiary/aromatic N) is 1. The molecule has 114 valence electrons. The van der Waals surface area contributed by atoms with E-state index < -0.39 is 11.9 Å². The second kappa shape index (κ2) is 6.51. The lowest BCUT2D eigenvalue weighted by Crippen LogP contribution is -2.39. The summed E-state index contributed by atoms with van der Waals surface area (Å²) in [6, 6.07) is 9.65. The van der Waals surface area contributed by atoms with Crippen LogP contribution in [0.25, 0.3) is 0 Å². The Kier molecular flexibility index (Phi) is 4.47. The smallest absolute Gasteiger partial charge is 0.243 e. The Morgan fingerprint density at radius 2 is 2.18 bits per heavy atom. The van der Waals surface area contributed by atoms with Crippen molar-refractivity contribution in [3.05, 3.63) is 58.6 Å².